The Balaban J connectivity index is 1.89. The van der Waals surface area contributed by atoms with E-state index in [0.29, 0.717) is 11.5 Å². The summed E-state index contributed by atoms with van der Waals surface area (Å²) in [5, 5.41) is 0.204. The van der Waals surface area contributed by atoms with Gasteiger partial charge in [0.1, 0.15) is 34.4 Å². The highest BCUT2D eigenvalue weighted by Crippen LogP contribution is 2.33. The Kier molecular flexibility index (Phi) is 4.67. The SMILES string of the molecule is COc1cc(OC)c2[nH]c3c(c(=O)c2c1)C(=O)c1[nH]c2c(OC)cc(OC)cc2c(=O)c1C3=O. The van der Waals surface area contributed by atoms with Crippen molar-refractivity contribution in [3.63, 3.8) is 0 Å². The second-order valence-corrected chi connectivity index (χ2v) is 7.57. The Morgan fingerprint density at radius 1 is 0.559 bits per heavy atom. The van der Waals surface area contributed by atoms with E-state index in [1.807, 2.05) is 0 Å². The van der Waals surface area contributed by atoms with Crippen LogP contribution in [0.1, 0.15) is 32.1 Å². The van der Waals surface area contributed by atoms with Crippen molar-refractivity contribution in [1.82, 2.24) is 9.97 Å². The average Bonchev–Trinajstić information content (AvgIpc) is 2.85. The van der Waals surface area contributed by atoms with Crippen LogP contribution in [0.3, 0.4) is 0 Å². The molecule has 0 spiro atoms. The molecule has 0 radical (unpaired) electrons. The Morgan fingerprint density at radius 2 is 0.941 bits per heavy atom. The van der Waals surface area contributed by atoms with Crippen LogP contribution < -0.4 is 29.8 Å². The standard InChI is InChI=1S/C24H18N2O8/c1-31-9-5-11-17(13(7-9)33-3)25-19-15(21(11)27)23(29)20-16(24(19)30)22(28)12-6-10(32-2)8-14(34-4)18(12)26-20/h5-8H,1-4H3,(H,25,27)(H,26,28). The monoisotopic (exact) mass is 462 g/mol. The van der Waals surface area contributed by atoms with E-state index in [2.05, 4.69) is 9.97 Å². The number of pyridine rings is 2. The molecule has 1 aliphatic carbocycles. The quantitative estimate of drug-likeness (QED) is 0.415. The third-order valence-corrected chi connectivity index (χ3v) is 5.91. The van der Waals surface area contributed by atoms with Crippen LogP contribution in [0.15, 0.2) is 33.9 Å². The largest absolute Gasteiger partial charge is 0.497 e. The highest BCUT2D eigenvalue weighted by molar-refractivity contribution is 6.28. The lowest BCUT2D eigenvalue weighted by Gasteiger charge is -2.19. The molecule has 1 aliphatic rings. The first kappa shape index (κ1) is 21.3. The number of ketones is 2. The van der Waals surface area contributed by atoms with Crippen LogP contribution >= 0.6 is 0 Å². The zero-order chi connectivity index (χ0) is 24.3. The number of nitrogens with one attached hydrogen (secondary N) is 2. The molecule has 172 valence electrons. The molecule has 0 aliphatic heterocycles. The van der Waals surface area contributed by atoms with Crippen molar-refractivity contribution in [1.29, 1.82) is 0 Å². The number of fused-ring (bicyclic) bond motifs is 4. The first-order chi connectivity index (χ1) is 16.3. The topological polar surface area (TPSA) is 137 Å². The summed E-state index contributed by atoms with van der Waals surface area (Å²) < 4.78 is 21.1. The molecule has 0 amide bonds. The molecular formula is C24H18N2O8. The van der Waals surface area contributed by atoms with Gasteiger partial charge in [0.15, 0.2) is 0 Å². The summed E-state index contributed by atoms with van der Waals surface area (Å²) in [6.45, 7) is 0. The molecule has 0 saturated heterocycles. The fourth-order valence-electron chi connectivity index (χ4n) is 4.25. The molecule has 4 aromatic rings. The average molecular weight is 462 g/mol. The molecule has 2 aromatic carbocycles. The number of aromatic amines is 2. The number of H-pyrrole nitrogens is 2. The number of aromatic nitrogens is 2. The van der Waals surface area contributed by atoms with Gasteiger partial charge in [0.2, 0.25) is 22.4 Å². The van der Waals surface area contributed by atoms with Crippen molar-refractivity contribution in [2.24, 2.45) is 0 Å². The molecule has 10 heteroatoms. The summed E-state index contributed by atoms with van der Waals surface area (Å²) in [7, 11) is 5.64. The molecule has 2 N–H and O–H groups in total. The van der Waals surface area contributed by atoms with E-state index in [9.17, 15) is 19.2 Å². The summed E-state index contributed by atoms with van der Waals surface area (Å²) in [5.41, 5.74) is -2.27. The Hall–Kier alpha value is -4.60. The fourth-order valence-corrected chi connectivity index (χ4v) is 4.25. The number of carbonyl (C=O) groups excluding carboxylic acids is 2. The van der Waals surface area contributed by atoms with Gasteiger partial charge in [-0.05, 0) is 12.1 Å². The molecule has 2 aromatic heterocycles. The predicted octanol–water partition coefficient (Wildman–Crippen LogP) is 2.18. The van der Waals surface area contributed by atoms with Crippen LogP contribution in [0, 0.1) is 0 Å². The normalized spacial score (nSPS) is 12.5. The number of methoxy groups -OCH3 is 4. The Labute approximate surface area is 191 Å². The molecular weight excluding hydrogens is 444 g/mol. The summed E-state index contributed by atoms with van der Waals surface area (Å²) in [4.78, 5) is 59.4. The number of carbonyl (C=O) groups is 2. The van der Waals surface area contributed by atoms with Crippen LogP contribution in [-0.4, -0.2) is 50.0 Å². The van der Waals surface area contributed by atoms with Gasteiger partial charge in [-0.25, -0.2) is 0 Å². The van der Waals surface area contributed by atoms with Crippen LogP contribution in [0.4, 0.5) is 0 Å². The van der Waals surface area contributed by atoms with Gasteiger partial charge < -0.3 is 28.9 Å². The minimum Gasteiger partial charge on any atom is -0.497 e. The minimum atomic E-state index is -0.786. The molecule has 5 rings (SSSR count). The van der Waals surface area contributed by atoms with Crippen molar-refractivity contribution in [3.05, 3.63) is 67.2 Å². The van der Waals surface area contributed by atoms with Crippen molar-refractivity contribution in [2.45, 2.75) is 0 Å². The summed E-state index contributed by atoms with van der Waals surface area (Å²) in [5.74, 6) is -0.423. The second-order valence-electron chi connectivity index (χ2n) is 7.57. The zero-order valence-electron chi connectivity index (χ0n) is 18.6. The van der Waals surface area contributed by atoms with Crippen LogP contribution in [0.25, 0.3) is 21.8 Å². The molecule has 34 heavy (non-hydrogen) atoms. The molecule has 0 fully saturated rings. The lowest BCUT2D eigenvalue weighted by atomic mass is 9.88. The molecule has 0 bridgehead atoms. The Bertz CT molecular complexity index is 1550. The van der Waals surface area contributed by atoms with E-state index in [1.165, 1.54) is 52.7 Å². The van der Waals surface area contributed by atoms with Crippen molar-refractivity contribution < 1.29 is 28.5 Å². The minimum absolute atomic E-state index is 0.102. The Morgan fingerprint density at radius 3 is 1.26 bits per heavy atom. The van der Waals surface area contributed by atoms with Gasteiger partial charge in [-0.2, -0.15) is 0 Å². The predicted molar refractivity (Wildman–Crippen MR) is 122 cm³/mol. The van der Waals surface area contributed by atoms with Gasteiger partial charge in [0.05, 0.1) is 61.4 Å². The van der Waals surface area contributed by atoms with E-state index in [-0.39, 0.29) is 55.8 Å². The maximum absolute atomic E-state index is 13.5. The molecule has 0 saturated carbocycles. The third-order valence-electron chi connectivity index (χ3n) is 5.91. The maximum Gasteiger partial charge on any atom is 0.216 e. The maximum atomic E-state index is 13.5. The lowest BCUT2D eigenvalue weighted by molar-refractivity contribution is 0.0971. The summed E-state index contributed by atoms with van der Waals surface area (Å²) in [6, 6.07) is 5.96. The number of benzene rings is 2. The van der Waals surface area contributed by atoms with Crippen molar-refractivity contribution >= 4 is 33.4 Å². The second kappa shape index (κ2) is 7.48. The van der Waals surface area contributed by atoms with Crippen molar-refractivity contribution in [2.75, 3.05) is 28.4 Å². The third kappa shape index (κ3) is 2.75. The number of rotatable bonds is 4. The highest BCUT2D eigenvalue weighted by Gasteiger charge is 2.37. The first-order valence-electron chi connectivity index (χ1n) is 10.1. The van der Waals surface area contributed by atoms with E-state index in [4.69, 9.17) is 18.9 Å². The number of ether oxygens (including phenoxy) is 4. The van der Waals surface area contributed by atoms with E-state index >= 15 is 0 Å². The summed E-state index contributed by atoms with van der Waals surface area (Å²) >= 11 is 0. The van der Waals surface area contributed by atoms with Gasteiger partial charge in [0, 0.05) is 12.1 Å². The van der Waals surface area contributed by atoms with E-state index in [0.717, 1.165) is 0 Å². The van der Waals surface area contributed by atoms with Gasteiger partial charge in [-0.1, -0.05) is 0 Å². The van der Waals surface area contributed by atoms with E-state index < -0.39 is 22.4 Å². The van der Waals surface area contributed by atoms with Gasteiger partial charge >= 0.3 is 0 Å². The van der Waals surface area contributed by atoms with Gasteiger partial charge in [-0.15, -0.1) is 0 Å². The highest BCUT2D eigenvalue weighted by atomic mass is 16.5. The molecule has 0 atom stereocenters. The van der Waals surface area contributed by atoms with Crippen molar-refractivity contribution in [3.8, 4) is 23.0 Å². The zero-order valence-corrected chi connectivity index (χ0v) is 18.6. The van der Waals surface area contributed by atoms with Crippen LogP contribution in [0.2, 0.25) is 0 Å². The van der Waals surface area contributed by atoms with Gasteiger partial charge in [0.25, 0.3) is 0 Å². The number of hydrogen-bond donors (Lipinski definition) is 2. The lowest BCUT2D eigenvalue weighted by Crippen LogP contribution is -2.34. The first-order valence-corrected chi connectivity index (χ1v) is 10.1. The van der Waals surface area contributed by atoms with Crippen LogP contribution in [-0.2, 0) is 0 Å². The molecule has 0 unspecified atom stereocenters. The van der Waals surface area contributed by atoms with Gasteiger partial charge in [-0.3, -0.25) is 19.2 Å². The van der Waals surface area contributed by atoms with Crippen LogP contribution in [0.5, 0.6) is 23.0 Å². The summed E-state index contributed by atoms with van der Waals surface area (Å²) in [6.07, 6.45) is 0. The smallest absolute Gasteiger partial charge is 0.216 e. The molecule has 2 heterocycles. The fraction of sp³-hybridized carbons (Fsp3) is 0.167. The molecule has 10 nitrogen and oxygen atoms in total. The number of hydrogen-bond acceptors (Lipinski definition) is 8. The van der Waals surface area contributed by atoms with E-state index in [1.54, 1.807) is 0 Å².